The Morgan fingerprint density at radius 1 is 1.24 bits per heavy atom. The van der Waals surface area contributed by atoms with E-state index in [1.807, 2.05) is 0 Å². The molecule has 2 atom stereocenters. The minimum Gasteiger partial charge on any atom is -0.406 e. The molecule has 1 aromatic carbocycles. The Morgan fingerprint density at radius 3 is 2.48 bits per heavy atom. The predicted molar refractivity (Wildman–Crippen MR) is 73.1 cm³/mol. The lowest BCUT2D eigenvalue weighted by molar-refractivity contribution is -0.274. The van der Waals surface area contributed by atoms with Crippen molar-refractivity contribution in [3.8, 4) is 5.75 Å². The molecule has 1 fully saturated rings. The van der Waals surface area contributed by atoms with E-state index >= 15 is 0 Å². The number of alkyl halides is 3. The van der Waals surface area contributed by atoms with E-state index in [1.54, 1.807) is 12.1 Å². The molecule has 0 spiro atoms. The number of benzene rings is 1. The highest BCUT2D eigenvalue weighted by Crippen LogP contribution is 2.27. The molecule has 0 bridgehead atoms. The van der Waals surface area contributed by atoms with E-state index in [4.69, 9.17) is 4.74 Å². The summed E-state index contributed by atoms with van der Waals surface area (Å²) < 4.78 is 46.2. The van der Waals surface area contributed by atoms with Gasteiger partial charge >= 0.3 is 6.36 Å². The van der Waals surface area contributed by atoms with Gasteiger partial charge in [0.2, 0.25) is 0 Å². The Kier molecular flexibility index (Phi) is 5.11. The van der Waals surface area contributed by atoms with Gasteiger partial charge in [-0.25, -0.2) is 0 Å². The Balaban J connectivity index is 1.98. The van der Waals surface area contributed by atoms with Gasteiger partial charge in [-0.15, -0.1) is 13.2 Å². The Bertz CT molecular complexity index is 445. The highest BCUT2D eigenvalue weighted by atomic mass is 19.4. The summed E-state index contributed by atoms with van der Waals surface area (Å²) in [5, 5.41) is 3.31. The summed E-state index contributed by atoms with van der Waals surface area (Å²) in [6.45, 7) is 5.74. The van der Waals surface area contributed by atoms with Crippen molar-refractivity contribution in [1.29, 1.82) is 0 Å². The fourth-order valence-corrected chi connectivity index (χ4v) is 2.45. The fourth-order valence-electron chi connectivity index (χ4n) is 2.45. The first-order valence-electron chi connectivity index (χ1n) is 7.05. The van der Waals surface area contributed by atoms with Gasteiger partial charge < -0.3 is 14.8 Å². The van der Waals surface area contributed by atoms with Crippen LogP contribution in [-0.2, 0) is 4.74 Å². The molecule has 1 aliphatic rings. The molecule has 1 aliphatic heterocycles. The minimum atomic E-state index is -4.66. The smallest absolute Gasteiger partial charge is 0.406 e. The van der Waals surface area contributed by atoms with Gasteiger partial charge in [0.15, 0.2) is 0 Å². The monoisotopic (exact) mass is 303 g/mol. The Hall–Kier alpha value is -1.27. The quantitative estimate of drug-likeness (QED) is 0.921. The standard InChI is InChI=1S/C15H20F3NO2/c1-10(2)7-13-8-19-9-14(20-13)11-3-5-12(6-4-11)21-15(16,17)18/h3-6,10,13-14,19H,7-9H2,1-2H3. The van der Waals surface area contributed by atoms with Crippen LogP contribution in [0.25, 0.3) is 0 Å². The summed E-state index contributed by atoms with van der Waals surface area (Å²) >= 11 is 0. The van der Waals surface area contributed by atoms with E-state index in [-0.39, 0.29) is 18.0 Å². The summed E-state index contributed by atoms with van der Waals surface area (Å²) in [6.07, 6.45) is -3.71. The molecule has 1 N–H and O–H groups in total. The fraction of sp³-hybridized carbons (Fsp3) is 0.600. The van der Waals surface area contributed by atoms with Crippen molar-refractivity contribution in [1.82, 2.24) is 5.32 Å². The molecule has 0 aromatic heterocycles. The molecule has 0 radical (unpaired) electrons. The zero-order chi connectivity index (χ0) is 15.5. The van der Waals surface area contributed by atoms with Crippen LogP contribution in [0.2, 0.25) is 0 Å². The highest BCUT2D eigenvalue weighted by molar-refractivity contribution is 5.29. The van der Waals surface area contributed by atoms with Crippen LogP contribution in [0, 0.1) is 5.92 Å². The van der Waals surface area contributed by atoms with Crippen LogP contribution in [0.1, 0.15) is 31.9 Å². The molecule has 1 saturated heterocycles. The normalized spacial score (nSPS) is 23.3. The Morgan fingerprint density at radius 2 is 1.90 bits per heavy atom. The van der Waals surface area contributed by atoms with Gasteiger partial charge in [0.1, 0.15) is 5.75 Å². The average Bonchev–Trinajstić information content (AvgIpc) is 2.37. The lowest BCUT2D eigenvalue weighted by Gasteiger charge is -2.32. The van der Waals surface area contributed by atoms with Crippen molar-refractivity contribution in [3.05, 3.63) is 29.8 Å². The number of rotatable bonds is 4. The maximum Gasteiger partial charge on any atom is 0.573 e. The molecule has 2 rings (SSSR count). The van der Waals surface area contributed by atoms with E-state index in [0.717, 1.165) is 18.5 Å². The average molecular weight is 303 g/mol. The van der Waals surface area contributed by atoms with Crippen molar-refractivity contribution in [2.75, 3.05) is 13.1 Å². The van der Waals surface area contributed by atoms with Crippen LogP contribution in [-0.4, -0.2) is 25.6 Å². The lowest BCUT2D eigenvalue weighted by Crippen LogP contribution is -2.41. The molecular formula is C15H20F3NO2. The third kappa shape index (κ3) is 5.21. The zero-order valence-corrected chi connectivity index (χ0v) is 12.1. The zero-order valence-electron chi connectivity index (χ0n) is 12.1. The van der Waals surface area contributed by atoms with Gasteiger partial charge in [-0.2, -0.15) is 0 Å². The molecule has 0 amide bonds. The summed E-state index contributed by atoms with van der Waals surface area (Å²) in [5.74, 6) is 0.326. The predicted octanol–water partition coefficient (Wildman–Crippen LogP) is 3.66. The number of halogens is 3. The largest absolute Gasteiger partial charge is 0.573 e. The molecule has 2 unspecified atom stereocenters. The lowest BCUT2D eigenvalue weighted by atomic mass is 10.0. The van der Waals surface area contributed by atoms with Crippen LogP contribution in [0.5, 0.6) is 5.75 Å². The molecule has 0 saturated carbocycles. The molecule has 0 aliphatic carbocycles. The first-order valence-corrected chi connectivity index (χ1v) is 7.05. The second-order valence-corrected chi connectivity index (χ2v) is 5.65. The van der Waals surface area contributed by atoms with Gasteiger partial charge in [-0.05, 0) is 30.0 Å². The maximum absolute atomic E-state index is 12.1. The summed E-state index contributed by atoms with van der Waals surface area (Å²) in [7, 11) is 0. The van der Waals surface area contributed by atoms with E-state index in [0.29, 0.717) is 12.5 Å². The van der Waals surface area contributed by atoms with Crippen molar-refractivity contribution in [2.24, 2.45) is 5.92 Å². The summed E-state index contributed by atoms with van der Waals surface area (Å²) in [4.78, 5) is 0. The molecule has 6 heteroatoms. The van der Waals surface area contributed by atoms with Crippen molar-refractivity contribution >= 4 is 0 Å². The number of ether oxygens (including phenoxy) is 2. The molecule has 21 heavy (non-hydrogen) atoms. The first kappa shape index (κ1) is 16.1. The van der Waals surface area contributed by atoms with Crippen LogP contribution < -0.4 is 10.1 Å². The van der Waals surface area contributed by atoms with Crippen LogP contribution in [0.15, 0.2) is 24.3 Å². The summed E-state index contributed by atoms with van der Waals surface area (Å²) in [6, 6.07) is 5.87. The second kappa shape index (κ2) is 6.66. The number of hydrogen-bond donors (Lipinski definition) is 1. The van der Waals surface area contributed by atoms with Crippen LogP contribution in [0.4, 0.5) is 13.2 Å². The number of hydrogen-bond acceptors (Lipinski definition) is 3. The van der Waals surface area contributed by atoms with Gasteiger partial charge in [0.05, 0.1) is 12.2 Å². The maximum atomic E-state index is 12.1. The van der Waals surface area contributed by atoms with E-state index in [2.05, 4.69) is 23.9 Å². The Labute approximate surface area is 122 Å². The first-order chi connectivity index (χ1) is 9.83. The van der Waals surface area contributed by atoms with Crippen LogP contribution in [0.3, 0.4) is 0 Å². The molecule has 1 heterocycles. The highest BCUT2D eigenvalue weighted by Gasteiger charge is 2.31. The minimum absolute atomic E-state index is 0.134. The van der Waals surface area contributed by atoms with Crippen molar-refractivity contribution in [2.45, 2.75) is 38.8 Å². The molecule has 1 aromatic rings. The molecule has 3 nitrogen and oxygen atoms in total. The SMILES string of the molecule is CC(C)CC1CNCC(c2ccc(OC(F)(F)F)cc2)O1. The summed E-state index contributed by atoms with van der Waals surface area (Å²) in [5.41, 5.74) is 0.852. The number of morpholine rings is 1. The topological polar surface area (TPSA) is 30.5 Å². The molecule has 118 valence electrons. The van der Waals surface area contributed by atoms with E-state index < -0.39 is 6.36 Å². The van der Waals surface area contributed by atoms with Gasteiger partial charge in [-0.1, -0.05) is 26.0 Å². The van der Waals surface area contributed by atoms with E-state index in [1.165, 1.54) is 12.1 Å². The van der Waals surface area contributed by atoms with Crippen molar-refractivity contribution < 1.29 is 22.6 Å². The van der Waals surface area contributed by atoms with Gasteiger partial charge in [0, 0.05) is 13.1 Å². The number of nitrogens with one attached hydrogen (secondary N) is 1. The van der Waals surface area contributed by atoms with Gasteiger partial charge in [0.25, 0.3) is 0 Å². The third-order valence-corrected chi connectivity index (χ3v) is 3.28. The van der Waals surface area contributed by atoms with Crippen LogP contribution >= 0.6 is 0 Å². The molecular weight excluding hydrogens is 283 g/mol. The van der Waals surface area contributed by atoms with Crippen molar-refractivity contribution in [3.63, 3.8) is 0 Å². The third-order valence-electron chi connectivity index (χ3n) is 3.28. The van der Waals surface area contributed by atoms with E-state index in [9.17, 15) is 13.2 Å². The second-order valence-electron chi connectivity index (χ2n) is 5.65. The van der Waals surface area contributed by atoms with Gasteiger partial charge in [-0.3, -0.25) is 0 Å².